The predicted molar refractivity (Wildman–Crippen MR) is 130 cm³/mol. The smallest absolute Gasteiger partial charge is 0.210 e. The van der Waals surface area contributed by atoms with Gasteiger partial charge in [0.1, 0.15) is 11.4 Å². The van der Waals surface area contributed by atoms with Crippen LogP contribution in [0.4, 0.5) is 5.95 Å². The van der Waals surface area contributed by atoms with Crippen LogP contribution in [0.25, 0.3) is 11.0 Å². The molecule has 3 heterocycles. The number of nitrogens with zero attached hydrogens (tertiary/aromatic N) is 4. The van der Waals surface area contributed by atoms with Crippen molar-refractivity contribution in [2.24, 2.45) is 5.14 Å². The second-order valence-electron chi connectivity index (χ2n) is 9.02. The Hall–Kier alpha value is -2.69. The summed E-state index contributed by atoms with van der Waals surface area (Å²) in [7, 11) is -3.45. The normalized spacial score (nSPS) is 15.9. The summed E-state index contributed by atoms with van der Waals surface area (Å²) >= 11 is 0. The van der Waals surface area contributed by atoms with Gasteiger partial charge in [-0.3, -0.25) is 4.98 Å². The highest BCUT2D eigenvalue weighted by Crippen LogP contribution is 2.28. The number of aromatic hydroxyl groups is 1. The number of sulfonamides is 1. The molecular formula is C23H32N6O3S. The molecular weight excluding hydrogens is 440 g/mol. The minimum absolute atomic E-state index is 0.0213. The molecule has 0 aliphatic carbocycles. The standard InChI is InChI=1S/C23H32N6O3S/c1-15-12-16(2)22-20(13-15)29(14-19-21(30)5-4-17(3)25-19)23(27-22)26-18-6-8-28(9-7-18)10-11-33(24,31)32/h4-5,12-13,18,30H,6-11,14H2,1-3H3,(H,26,27)(H2,24,31,32). The second kappa shape index (κ2) is 9.28. The average molecular weight is 473 g/mol. The third kappa shape index (κ3) is 5.63. The number of hydrogen-bond donors (Lipinski definition) is 3. The summed E-state index contributed by atoms with van der Waals surface area (Å²) in [4.78, 5) is 11.6. The molecule has 2 aromatic heterocycles. The number of pyridine rings is 1. The Balaban J connectivity index is 1.58. The van der Waals surface area contributed by atoms with Gasteiger partial charge in [-0.2, -0.15) is 0 Å². The minimum atomic E-state index is -3.45. The zero-order valence-electron chi connectivity index (χ0n) is 19.4. The fourth-order valence-corrected chi connectivity index (χ4v) is 4.96. The number of anilines is 1. The highest BCUT2D eigenvalue weighted by Gasteiger charge is 2.23. The van der Waals surface area contributed by atoms with Crippen molar-refractivity contribution < 1.29 is 13.5 Å². The van der Waals surface area contributed by atoms with Crippen molar-refractivity contribution >= 4 is 27.0 Å². The Bertz CT molecular complexity index is 1260. The molecule has 0 unspecified atom stereocenters. The lowest BCUT2D eigenvalue weighted by atomic mass is 10.1. The van der Waals surface area contributed by atoms with Gasteiger partial charge in [0.25, 0.3) is 0 Å². The maximum atomic E-state index is 11.3. The number of aryl methyl sites for hydroxylation is 3. The van der Waals surface area contributed by atoms with Gasteiger partial charge in [-0.1, -0.05) is 6.07 Å². The van der Waals surface area contributed by atoms with Gasteiger partial charge >= 0.3 is 0 Å². The molecule has 4 N–H and O–H groups in total. The lowest BCUT2D eigenvalue weighted by Gasteiger charge is -2.32. The predicted octanol–water partition coefficient (Wildman–Crippen LogP) is 2.28. The SMILES string of the molecule is Cc1cc(C)c2nc(NC3CCN(CCS(N)(=O)=O)CC3)n(Cc3nc(C)ccc3O)c2c1. The van der Waals surface area contributed by atoms with Crippen LogP contribution in [0.1, 0.15) is 35.4 Å². The van der Waals surface area contributed by atoms with E-state index in [1.807, 2.05) is 6.92 Å². The molecule has 3 aromatic rings. The van der Waals surface area contributed by atoms with Gasteiger partial charge in [-0.15, -0.1) is 0 Å². The maximum Gasteiger partial charge on any atom is 0.210 e. The fourth-order valence-electron chi connectivity index (χ4n) is 4.45. The van der Waals surface area contributed by atoms with Crippen LogP contribution in [-0.4, -0.2) is 64.4 Å². The Morgan fingerprint density at radius 1 is 1.15 bits per heavy atom. The molecule has 0 bridgehead atoms. The molecule has 1 saturated heterocycles. The van der Waals surface area contributed by atoms with Crippen molar-refractivity contribution in [2.75, 3.05) is 30.7 Å². The summed E-state index contributed by atoms with van der Waals surface area (Å²) in [6.07, 6.45) is 1.75. The van der Waals surface area contributed by atoms with Gasteiger partial charge in [0.2, 0.25) is 16.0 Å². The van der Waals surface area contributed by atoms with Crippen LogP contribution in [0.15, 0.2) is 24.3 Å². The molecule has 178 valence electrons. The first-order chi connectivity index (χ1) is 15.6. The number of fused-ring (bicyclic) bond motifs is 1. The van der Waals surface area contributed by atoms with Crippen LogP contribution < -0.4 is 10.5 Å². The Morgan fingerprint density at radius 2 is 1.88 bits per heavy atom. The Labute approximate surface area is 194 Å². The van der Waals surface area contributed by atoms with Crippen molar-refractivity contribution in [1.29, 1.82) is 0 Å². The van der Waals surface area contributed by atoms with E-state index in [2.05, 4.69) is 45.7 Å². The van der Waals surface area contributed by atoms with Crippen LogP contribution in [-0.2, 0) is 16.6 Å². The minimum Gasteiger partial charge on any atom is -0.506 e. The van der Waals surface area contributed by atoms with Crippen molar-refractivity contribution in [3.63, 3.8) is 0 Å². The first-order valence-electron chi connectivity index (χ1n) is 11.2. The van der Waals surface area contributed by atoms with Crippen LogP contribution in [0.5, 0.6) is 5.75 Å². The Morgan fingerprint density at radius 3 is 2.58 bits per heavy atom. The quantitative estimate of drug-likeness (QED) is 0.481. The summed E-state index contributed by atoms with van der Waals surface area (Å²) in [5.74, 6) is 0.900. The maximum absolute atomic E-state index is 11.3. The molecule has 1 aliphatic rings. The first kappa shape index (κ1) is 23.5. The molecule has 10 heteroatoms. The number of piperidine rings is 1. The number of primary sulfonamides is 1. The third-order valence-electron chi connectivity index (χ3n) is 6.20. The summed E-state index contributed by atoms with van der Waals surface area (Å²) in [6, 6.07) is 7.92. The zero-order valence-corrected chi connectivity index (χ0v) is 20.2. The van der Waals surface area contributed by atoms with E-state index in [9.17, 15) is 13.5 Å². The second-order valence-corrected chi connectivity index (χ2v) is 10.8. The number of hydrogen-bond acceptors (Lipinski definition) is 7. The number of aromatic nitrogens is 3. The average Bonchev–Trinajstić information content (AvgIpc) is 3.07. The largest absolute Gasteiger partial charge is 0.506 e. The van der Waals surface area contributed by atoms with E-state index in [-0.39, 0.29) is 17.5 Å². The molecule has 9 nitrogen and oxygen atoms in total. The van der Waals surface area contributed by atoms with E-state index in [1.165, 1.54) is 0 Å². The number of rotatable bonds is 7. The number of nitrogens with one attached hydrogen (secondary N) is 1. The molecule has 1 aliphatic heterocycles. The lowest BCUT2D eigenvalue weighted by Crippen LogP contribution is -2.42. The van der Waals surface area contributed by atoms with E-state index < -0.39 is 10.0 Å². The Kier molecular flexibility index (Phi) is 6.60. The van der Waals surface area contributed by atoms with Gasteiger partial charge < -0.3 is 19.9 Å². The summed E-state index contributed by atoms with van der Waals surface area (Å²) < 4.78 is 24.6. The van der Waals surface area contributed by atoms with E-state index >= 15 is 0 Å². The van der Waals surface area contributed by atoms with Crippen molar-refractivity contribution in [2.45, 2.75) is 46.2 Å². The molecule has 0 spiro atoms. The molecule has 1 aromatic carbocycles. The lowest BCUT2D eigenvalue weighted by molar-refractivity contribution is 0.230. The topological polar surface area (TPSA) is 126 Å². The summed E-state index contributed by atoms with van der Waals surface area (Å²) in [5.41, 5.74) is 5.64. The third-order valence-corrected chi connectivity index (χ3v) is 6.95. The first-order valence-corrected chi connectivity index (χ1v) is 12.9. The molecule has 0 radical (unpaired) electrons. The summed E-state index contributed by atoms with van der Waals surface area (Å²) in [5, 5.41) is 19.1. The van der Waals surface area contributed by atoms with Gasteiger partial charge in [-0.25, -0.2) is 18.5 Å². The van der Waals surface area contributed by atoms with Crippen molar-refractivity contribution in [1.82, 2.24) is 19.4 Å². The molecule has 4 rings (SSSR count). The highest BCUT2D eigenvalue weighted by molar-refractivity contribution is 7.89. The monoisotopic (exact) mass is 472 g/mol. The molecule has 0 saturated carbocycles. The molecule has 0 atom stereocenters. The number of benzene rings is 1. The van der Waals surface area contributed by atoms with E-state index in [0.29, 0.717) is 18.8 Å². The van der Waals surface area contributed by atoms with Gasteiger partial charge in [0, 0.05) is 31.4 Å². The number of likely N-dealkylation sites (tertiary alicyclic amines) is 1. The van der Waals surface area contributed by atoms with Crippen molar-refractivity contribution in [3.05, 3.63) is 46.8 Å². The van der Waals surface area contributed by atoms with E-state index in [1.54, 1.807) is 12.1 Å². The summed E-state index contributed by atoms with van der Waals surface area (Å²) in [6.45, 7) is 8.49. The van der Waals surface area contributed by atoms with E-state index in [4.69, 9.17) is 10.1 Å². The number of imidazole rings is 1. The molecule has 33 heavy (non-hydrogen) atoms. The fraction of sp³-hybridized carbons (Fsp3) is 0.478. The van der Waals surface area contributed by atoms with Crippen LogP contribution >= 0.6 is 0 Å². The zero-order chi connectivity index (χ0) is 23.8. The van der Waals surface area contributed by atoms with E-state index in [0.717, 1.165) is 59.7 Å². The highest BCUT2D eigenvalue weighted by atomic mass is 32.2. The number of nitrogens with two attached hydrogens (primary N) is 1. The van der Waals surface area contributed by atoms with Gasteiger partial charge in [0.15, 0.2) is 0 Å². The molecule has 0 amide bonds. The van der Waals surface area contributed by atoms with Gasteiger partial charge in [0.05, 0.1) is 23.3 Å². The van der Waals surface area contributed by atoms with Crippen LogP contribution in [0.2, 0.25) is 0 Å². The van der Waals surface area contributed by atoms with Gasteiger partial charge in [-0.05, 0) is 62.9 Å². The van der Waals surface area contributed by atoms with Crippen molar-refractivity contribution in [3.8, 4) is 5.75 Å². The molecule has 1 fully saturated rings. The van der Waals surface area contributed by atoms with Crippen LogP contribution in [0, 0.1) is 20.8 Å². The van der Waals surface area contributed by atoms with Crippen LogP contribution in [0.3, 0.4) is 0 Å².